The van der Waals surface area contributed by atoms with Crippen LogP contribution in [-0.2, 0) is 10.8 Å². The van der Waals surface area contributed by atoms with E-state index in [0.29, 0.717) is 5.75 Å². The van der Waals surface area contributed by atoms with Gasteiger partial charge in [0.15, 0.2) is 0 Å². The van der Waals surface area contributed by atoms with E-state index < -0.39 is 6.86 Å². The lowest BCUT2D eigenvalue weighted by molar-refractivity contribution is 0.188. The zero-order chi connectivity index (χ0) is 13.3. The molecule has 0 aromatic heterocycles. The lowest BCUT2D eigenvalue weighted by Gasteiger charge is -2.26. The van der Waals surface area contributed by atoms with Crippen molar-refractivity contribution in [1.82, 2.24) is 0 Å². The summed E-state index contributed by atoms with van der Waals surface area (Å²) in [4.78, 5) is 0. The fraction of sp³-hybridized carbons (Fsp3) is 0.600. The van der Waals surface area contributed by atoms with Crippen molar-refractivity contribution in [3.63, 3.8) is 0 Å². The summed E-state index contributed by atoms with van der Waals surface area (Å²) < 4.78 is 17.4. The van der Waals surface area contributed by atoms with Crippen molar-refractivity contribution in [3.05, 3.63) is 29.3 Å². The minimum absolute atomic E-state index is 0.0498. The first-order chi connectivity index (χ1) is 7.66. The Bertz CT molecular complexity index is 383. The average Bonchev–Trinajstić information content (AvgIpc) is 2.15. The molecule has 0 N–H and O–H groups in total. The van der Waals surface area contributed by atoms with Crippen LogP contribution >= 0.6 is 0 Å². The van der Waals surface area contributed by atoms with Crippen molar-refractivity contribution in [2.45, 2.75) is 52.4 Å². The van der Waals surface area contributed by atoms with Crippen molar-refractivity contribution < 1.29 is 9.13 Å². The van der Waals surface area contributed by atoms with Crippen LogP contribution in [0.2, 0.25) is 0 Å². The summed E-state index contributed by atoms with van der Waals surface area (Å²) in [6.45, 7) is 12.1. The predicted octanol–water partition coefficient (Wildman–Crippen LogP) is 4.59. The Hall–Kier alpha value is -1.05. The molecule has 2 heteroatoms. The second-order valence-electron chi connectivity index (χ2n) is 6.46. The van der Waals surface area contributed by atoms with E-state index in [9.17, 15) is 4.39 Å². The van der Waals surface area contributed by atoms with Gasteiger partial charge in [-0.25, -0.2) is 4.39 Å². The number of hydrogen-bond donors (Lipinski definition) is 0. The molecule has 0 saturated carbocycles. The fourth-order valence-corrected chi connectivity index (χ4v) is 1.77. The van der Waals surface area contributed by atoms with Gasteiger partial charge in [-0.2, -0.15) is 0 Å². The van der Waals surface area contributed by atoms with Crippen LogP contribution in [0.1, 0.15) is 52.7 Å². The van der Waals surface area contributed by atoms with Gasteiger partial charge in [0.05, 0.1) is 0 Å². The summed E-state index contributed by atoms with van der Waals surface area (Å²) in [5.74, 6) is 0.646. The highest BCUT2D eigenvalue weighted by Gasteiger charge is 2.22. The van der Waals surface area contributed by atoms with Crippen LogP contribution in [0, 0.1) is 0 Å². The van der Waals surface area contributed by atoms with Crippen molar-refractivity contribution in [1.29, 1.82) is 0 Å². The number of alkyl halides is 1. The Balaban J connectivity index is 3.30. The maximum Gasteiger partial charge on any atom is 0.228 e. The van der Waals surface area contributed by atoms with E-state index in [1.807, 2.05) is 12.1 Å². The van der Waals surface area contributed by atoms with Crippen LogP contribution in [0.25, 0.3) is 0 Å². The molecule has 1 aromatic carbocycles. The SMILES string of the molecule is CC(C)(C)c1ccc(OCF)c(C(C)(C)C)c1. The normalized spacial score (nSPS) is 12.6. The lowest BCUT2D eigenvalue weighted by atomic mass is 9.80. The van der Waals surface area contributed by atoms with Crippen molar-refractivity contribution in [2.24, 2.45) is 0 Å². The molecule has 0 fully saturated rings. The lowest BCUT2D eigenvalue weighted by Crippen LogP contribution is -2.17. The molecule has 0 radical (unpaired) electrons. The molecule has 96 valence electrons. The summed E-state index contributed by atoms with van der Waals surface area (Å²) in [6, 6.07) is 6.02. The molecular weight excluding hydrogens is 215 g/mol. The third-order valence-corrected chi connectivity index (χ3v) is 2.86. The Kier molecular flexibility index (Phi) is 3.85. The minimum Gasteiger partial charge on any atom is -0.463 e. The molecule has 0 heterocycles. The van der Waals surface area contributed by atoms with Crippen LogP contribution < -0.4 is 4.74 Å². The van der Waals surface area contributed by atoms with Gasteiger partial charge >= 0.3 is 0 Å². The Labute approximate surface area is 104 Å². The van der Waals surface area contributed by atoms with Crippen molar-refractivity contribution in [3.8, 4) is 5.75 Å². The van der Waals surface area contributed by atoms with Crippen molar-refractivity contribution >= 4 is 0 Å². The van der Waals surface area contributed by atoms with Gasteiger partial charge in [0, 0.05) is 0 Å². The van der Waals surface area contributed by atoms with Gasteiger partial charge in [-0.3, -0.25) is 0 Å². The first-order valence-corrected chi connectivity index (χ1v) is 6.00. The van der Waals surface area contributed by atoms with E-state index in [-0.39, 0.29) is 10.8 Å². The molecule has 1 nitrogen and oxygen atoms in total. The molecular formula is C15H23FO. The number of rotatable bonds is 2. The molecule has 0 saturated heterocycles. The topological polar surface area (TPSA) is 9.23 Å². The van der Waals surface area contributed by atoms with Gasteiger partial charge in [-0.05, 0) is 28.0 Å². The van der Waals surface area contributed by atoms with Crippen LogP contribution in [0.3, 0.4) is 0 Å². The van der Waals surface area contributed by atoms with E-state index in [1.54, 1.807) is 0 Å². The third kappa shape index (κ3) is 3.45. The highest BCUT2D eigenvalue weighted by Crippen LogP contribution is 2.35. The van der Waals surface area contributed by atoms with Gasteiger partial charge in [0.1, 0.15) is 5.75 Å². The van der Waals surface area contributed by atoms with Gasteiger partial charge < -0.3 is 4.74 Å². The summed E-state index contributed by atoms with van der Waals surface area (Å²) >= 11 is 0. The molecule has 1 rings (SSSR count). The molecule has 0 aliphatic heterocycles. The maximum atomic E-state index is 12.4. The molecule has 1 aromatic rings. The molecule has 0 spiro atoms. The summed E-state index contributed by atoms with van der Waals surface area (Å²) in [5, 5.41) is 0. The molecule has 0 bridgehead atoms. The average molecular weight is 238 g/mol. The van der Waals surface area contributed by atoms with Crippen LogP contribution in [0.15, 0.2) is 18.2 Å². The van der Waals surface area contributed by atoms with Gasteiger partial charge in [-0.1, -0.05) is 53.7 Å². The highest BCUT2D eigenvalue weighted by molar-refractivity contribution is 5.43. The van der Waals surface area contributed by atoms with E-state index in [1.165, 1.54) is 5.56 Å². The smallest absolute Gasteiger partial charge is 0.228 e. The number of benzene rings is 1. The second kappa shape index (κ2) is 4.67. The first kappa shape index (κ1) is 14.0. The fourth-order valence-electron chi connectivity index (χ4n) is 1.77. The molecule has 0 unspecified atom stereocenters. The zero-order valence-electron chi connectivity index (χ0n) is 11.7. The molecule has 0 aliphatic rings. The number of halogens is 1. The Morgan fingerprint density at radius 3 is 2.00 bits per heavy atom. The molecule has 0 atom stereocenters. The molecule has 0 amide bonds. The Morgan fingerprint density at radius 1 is 1.00 bits per heavy atom. The Morgan fingerprint density at radius 2 is 1.59 bits per heavy atom. The van der Waals surface area contributed by atoms with Crippen molar-refractivity contribution in [2.75, 3.05) is 6.86 Å². The largest absolute Gasteiger partial charge is 0.463 e. The monoisotopic (exact) mass is 238 g/mol. The highest BCUT2D eigenvalue weighted by atomic mass is 19.1. The first-order valence-electron chi connectivity index (χ1n) is 6.00. The number of ether oxygens (including phenoxy) is 1. The minimum atomic E-state index is -0.780. The maximum absolute atomic E-state index is 12.4. The van der Waals surface area contributed by atoms with Gasteiger partial charge in [-0.15, -0.1) is 0 Å². The molecule has 17 heavy (non-hydrogen) atoms. The standard InChI is InChI=1S/C15H23FO/c1-14(2,3)11-7-8-13(17-10-16)12(9-11)15(4,5)6/h7-9H,10H2,1-6H3. The second-order valence-corrected chi connectivity index (χ2v) is 6.46. The van der Waals surface area contributed by atoms with E-state index in [0.717, 1.165) is 5.56 Å². The van der Waals surface area contributed by atoms with Crippen LogP contribution in [0.4, 0.5) is 4.39 Å². The summed E-state index contributed by atoms with van der Waals surface area (Å²) in [5.41, 5.74) is 2.34. The van der Waals surface area contributed by atoms with Gasteiger partial charge in [0.25, 0.3) is 0 Å². The molecule has 0 aliphatic carbocycles. The van der Waals surface area contributed by atoms with Crippen LogP contribution in [0.5, 0.6) is 5.75 Å². The van der Waals surface area contributed by atoms with E-state index in [4.69, 9.17) is 4.74 Å². The quantitative estimate of drug-likeness (QED) is 0.732. The summed E-state index contributed by atoms with van der Waals surface area (Å²) in [7, 11) is 0. The van der Waals surface area contributed by atoms with Crippen LogP contribution in [-0.4, -0.2) is 6.86 Å². The van der Waals surface area contributed by atoms with Gasteiger partial charge in [0.2, 0.25) is 6.86 Å². The summed E-state index contributed by atoms with van der Waals surface area (Å²) in [6.07, 6.45) is 0. The number of hydrogen-bond acceptors (Lipinski definition) is 1. The zero-order valence-corrected chi connectivity index (χ0v) is 11.7. The third-order valence-electron chi connectivity index (χ3n) is 2.86. The predicted molar refractivity (Wildman–Crippen MR) is 70.4 cm³/mol. The van der Waals surface area contributed by atoms with E-state index in [2.05, 4.69) is 47.6 Å². The van der Waals surface area contributed by atoms with E-state index >= 15 is 0 Å².